The molecule has 1 amide bonds. The number of hydrogen-bond donors (Lipinski definition) is 0. The number of piperazine rings is 1. The molecule has 0 atom stereocenters. The smallest absolute Gasteiger partial charge is 0.253 e. The van der Waals surface area contributed by atoms with E-state index in [9.17, 15) is 4.79 Å². The molecule has 5 rings (SSSR count). The molecule has 2 saturated heterocycles. The van der Waals surface area contributed by atoms with Crippen LogP contribution in [0.15, 0.2) is 84.9 Å². The van der Waals surface area contributed by atoms with Crippen molar-refractivity contribution < 1.29 is 9.53 Å². The number of carbonyl (C=O) groups excluding carboxylic acids is 1. The van der Waals surface area contributed by atoms with Gasteiger partial charge in [-0.1, -0.05) is 67.1 Å². The minimum atomic E-state index is 0.104. The van der Waals surface area contributed by atoms with Gasteiger partial charge in [-0.2, -0.15) is 0 Å². The maximum atomic E-state index is 13.2. The van der Waals surface area contributed by atoms with Crippen molar-refractivity contribution in [3.05, 3.63) is 102 Å². The molecule has 0 N–H and O–H groups in total. The van der Waals surface area contributed by atoms with E-state index in [0.717, 1.165) is 57.1 Å². The fourth-order valence-corrected chi connectivity index (χ4v) is 5.61. The number of benzene rings is 3. The first-order valence-corrected chi connectivity index (χ1v) is 13.9. The minimum absolute atomic E-state index is 0.104. The number of hydrogen-bond acceptors (Lipinski definition) is 4. The van der Waals surface area contributed by atoms with E-state index in [-0.39, 0.29) is 11.9 Å². The maximum absolute atomic E-state index is 13.2. The number of ether oxygens (including phenoxy) is 1. The fourth-order valence-electron chi connectivity index (χ4n) is 5.61. The second-order valence-electron chi connectivity index (χ2n) is 10.2. The van der Waals surface area contributed by atoms with Crippen LogP contribution < -0.4 is 4.74 Å². The predicted octanol–water partition coefficient (Wildman–Crippen LogP) is 5.49. The van der Waals surface area contributed by atoms with E-state index in [2.05, 4.69) is 70.5 Å². The summed E-state index contributed by atoms with van der Waals surface area (Å²) in [7, 11) is 0. The van der Waals surface area contributed by atoms with Gasteiger partial charge in [-0.05, 0) is 67.7 Å². The number of carbonyl (C=O) groups is 1. The summed E-state index contributed by atoms with van der Waals surface area (Å²) >= 11 is 0. The average molecular weight is 498 g/mol. The molecule has 0 aliphatic carbocycles. The molecule has 0 unspecified atom stereocenters. The molecule has 2 heterocycles. The maximum Gasteiger partial charge on any atom is 0.253 e. The Bertz CT molecular complexity index is 1050. The summed E-state index contributed by atoms with van der Waals surface area (Å²) in [5, 5.41) is 0. The monoisotopic (exact) mass is 497 g/mol. The van der Waals surface area contributed by atoms with Crippen molar-refractivity contribution in [3.8, 4) is 5.75 Å². The highest BCUT2D eigenvalue weighted by Gasteiger charge is 2.28. The third-order valence-electron chi connectivity index (χ3n) is 7.63. The zero-order valence-corrected chi connectivity index (χ0v) is 21.8. The van der Waals surface area contributed by atoms with E-state index in [0.29, 0.717) is 0 Å². The SMILES string of the molecule is O=C(c1ccc(OCCCN2CCCCC2)cc1)N1CCN(C(c2ccccc2)c2ccccc2)CC1. The summed E-state index contributed by atoms with van der Waals surface area (Å²) < 4.78 is 5.94. The molecule has 5 heteroatoms. The number of nitrogens with zero attached hydrogens (tertiary/aromatic N) is 3. The lowest BCUT2D eigenvalue weighted by Gasteiger charge is -2.39. The van der Waals surface area contributed by atoms with Gasteiger partial charge in [-0.15, -0.1) is 0 Å². The van der Waals surface area contributed by atoms with Crippen LogP contribution in [-0.2, 0) is 0 Å². The molecule has 194 valence electrons. The lowest BCUT2D eigenvalue weighted by atomic mass is 9.96. The largest absolute Gasteiger partial charge is 0.494 e. The summed E-state index contributed by atoms with van der Waals surface area (Å²) in [6, 6.07) is 29.2. The Morgan fingerprint density at radius 2 is 1.30 bits per heavy atom. The Morgan fingerprint density at radius 1 is 0.703 bits per heavy atom. The Morgan fingerprint density at radius 3 is 1.89 bits per heavy atom. The molecule has 37 heavy (non-hydrogen) atoms. The number of likely N-dealkylation sites (tertiary alicyclic amines) is 1. The van der Waals surface area contributed by atoms with Crippen molar-refractivity contribution >= 4 is 5.91 Å². The highest BCUT2D eigenvalue weighted by molar-refractivity contribution is 5.94. The molecule has 3 aromatic carbocycles. The molecule has 0 saturated carbocycles. The third-order valence-corrected chi connectivity index (χ3v) is 7.63. The molecule has 0 spiro atoms. The van der Waals surface area contributed by atoms with Gasteiger partial charge in [0, 0.05) is 38.3 Å². The second kappa shape index (κ2) is 12.9. The van der Waals surface area contributed by atoms with Crippen molar-refractivity contribution in [1.82, 2.24) is 14.7 Å². The summed E-state index contributed by atoms with van der Waals surface area (Å²) in [5.41, 5.74) is 3.32. The lowest BCUT2D eigenvalue weighted by molar-refractivity contribution is 0.0597. The quantitative estimate of drug-likeness (QED) is 0.367. The van der Waals surface area contributed by atoms with Gasteiger partial charge in [0.1, 0.15) is 5.75 Å². The zero-order chi connectivity index (χ0) is 25.3. The first-order chi connectivity index (χ1) is 18.3. The molecule has 5 nitrogen and oxygen atoms in total. The first-order valence-electron chi connectivity index (χ1n) is 13.9. The van der Waals surface area contributed by atoms with E-state index in [1.807, 2.05) is 29.2 Å². The van der Waals surface area contributed by atoms with Crippen molar-refractivity contribution in [2.24, 2.45) is 0 Å². The predicted molar refractivity (Wildman–Crippen MR) is 149 cm³/mol. The number of rotatable bonds is 9. The van der Waals surface area contributed by atoms with Gasteiger partial charge in [0.15, 0.2) is 0 Å². The summed E-state index contributed by atoms with van der Waals surface area (Å²) in [4.78, 5) is 20.2. The van der Waals surface area contributed by atoms with Crippen LogP contribution in [0.2, 0.25) is 0 Å². The summed E-state index contributed by atoms with van der Waals surface area (Å²) in [6.07, 6.45) is 5.06. The lowest BCUT2D eigenvalue weighted by Crippen LogP contribution is -2.49. The van der Waals surface area contributed by atoms with Crippen LogP contribution in [0.3, 0.4) is 0 Å². The highest BCUT2D eigenvalue weighted by atomic mass is 16.5. The summed E-state index contributed by atoms with van der Waals surface area (Å²) in [6.45, 7) is 7.42. The van der Waals surface area contributed by atoms with E-state index in [1.165, 1.54) is 43.5 Å². The van der Waals surface area contributed by atoms with Gasteiger partial charge in [-0.3, -0.25) is 9.69 Å². The van der Waals surface area contributed by atoms with Gasteiger partial charge >= 0.3 is 0 Å². The van der Waals surface area contributed by atoms with Crippen molar-refractivity contribution in [2.75, 3.05) is 52.4 Å². The molecule has 0 radical (unpaired) electrons. The second-order valence-corrected chi connectivity index (χ2v) is 10.2. The van der Waals surface area contributed by atoms with Crippen LogP contribution in [0.1, 0.15) is 53.2 Å². The van der Waals surface area contributed by atoms with Gasteiger partial charge in [0.25, 0.3) is 5.91 Å². The van der Waals surface area contributed by atoms with E-state index < -0.39 is 0 Å². The van der Waals surface area contributed by atoms with Gasteiger partial charge in [0.2, 0.25) is 0 Å². The van der Waals surface area contributed by atoms with Crippen LogP contribution in [0.4, 0.5) is 0 Å². The standard InChI is InChI=1S/C32H39N3O2/c36-32(29-15-17-30(18-16-29)37-26-10-21-33-19-8-3-9-20-33)35-24-22-34(23-25-35)31(27-11-4-1-5-12-27)28-13-6-2-7-14-28/h1-2,4-7,11-18,31H,3,8-10,19-26H2. The van der Waals surface area contributed by atoms with Crippen molar-refractivity contribution in [3.63, 3.8) is 0 Å². The van der Waals surface area contributed by atoms with Crippen LogP contribution in [0.25, 0.3) is 0 Å². The molecule has 2 aliphatic heterocycles. The van der Waals surface area contributed by atoms with Crippen molar-refractivity contribution in [1.29, 1.82) is 0 Å². The third kappa shape index (κ3) is 6.79. The normalized spacial score (nSPS) is 17.2. The molecule has 2 aliphatic rings. The topological polar surface area (TPSA) is 36.0 Å². The van der Waals surface area contributed by atoms with E-state index in [4.69, 9.17) is 4.74 Å². The molecule has 0 aromatic heterocycles. The Labute approximate surface area is 221 Å². The van der Waals surface area contributed by atoms with E-state index in [1.54, 1.807) is 0 Å². The highest BCUT2D eigenvalue weighted by Crippen LogP contribution is 2.29. The van der Waals surface area contributed by atoms with Crippen LogP contribution in [-0.4, -0.2) is 73.0 Å². The molecular weight excluding hydrogens is 458 g/mol. The first kappa shape index (κ1) is 25.5. The van der Waals surface area contributed by atoms with Crippen LogP contribution >= 0.6 is 0 Å². The fraction of sp³-hybridized carbons (Fsp3) is 0.406. The van der Waals surface area contributed by atoms with Crippen LogP contribution in [0, 0.1) is 0 Å². The number of piperidine rings is 1. The summed E-state index contributed by atoms with van der Waals surface area (Å²) in [5.74, 6) is 0.945. The minimum Gasteiger partial charge on any atom is -0.494 e. The average Bonchev–Trinajstić information content (AvgIpc) is 2.97. The van der Waals surface area contributed by atoms with E-state index >= 15 is 0 Å². The molecule has 0 bridgehead atoms. The van der Waals surface area contributed by atoms with Gasteiger partial charge < -0.3 is 14.5 Å². The molecule has 2 fully saturated rings. The Balaban J connectivity index is 1.13. The number of amides is 1. The molecule has 3 aromatic rings. The molecular formula is C32H39N3O2. The van der Waals surface area contributed by atoms with Crippen LogP contribution in [0.5, 0.6) is 5.75 Å². The Kier molecular flexibility index (Phi) is 8.88. The Hall–Kier alpha value is -3.15. The zero-order valence-electron chi connectivity index (χ0n) is 21.8. The van der Waals surface area contributed by atoms with Gasteiger partial charge in [0.05, 0.1) is 12.6 Å². The van der Waals surface area contributed by atoms with Gasteiger partial charge in [-0.25, -0.2) is 0 Å². The van der Waals surface area contributed by atoms with Crippen molar-refractivity contribution in [2.45, 2.75) is 31.7 Å².